The average Bonchev–Trinajstić information content (AvgIpc) is 2.61. The molecule has 0 radical (unpaired) electrons. The minimum atomic E-state index is -0.0965. The Bertz CT molecular complexity index is 735. The van der Waals surface area contributed by atoms with E-state index in [2.05, 4.69) is 22.5 Å². The van der Waals surface area contributed by atoms with Gasteiger partial charge in [0.05, 0.1) is 12.8 Å². The lowest BCUT2D eigenvalue weighted by Gasteiger charge is -2.13. The number of benzene rings is 1. The molecule has 2 N–H and O–H groups in total. The molecule has 134 valence electrons. The van der Waals surface area contributed by atoms with Gasteiger partial charge in [-0.15, -0.1) is 0 Å². The van der Waals surface area contributed by atoms with Gasteiger partial charge in [-0.05, 0) is 37.1 Å². The van der Waals surface area contributed by atoms with Crippen molar-refractivity contribution < 1.29 is 9.53 Å². The van der Waals surface area contributed by atoms with Gasteiger partial charge in [0.2, 0.25) is 0 Å². The molecular formula is C19H24ClN3O2. The molecule has 0 bridgehead atoms. The molecule has 25 heavy (non-hydrogen) atoms. The molecule has 0 aliphatic carbocycles. The Morgan fingerprint density at radius 1 is 1.28 bits per heavy atom. The van der Waals surface area contributed by atoms with Gasteiger partial charge in [0.15, 0.2) is 0 Å². The van der Waals surface area contributed by atoms with Gasteiger partial charge in [-0.2, -0.15) is 0 Å². The lowest BCUT2D eigenvalue weighted by atomic mass is 10.2. The first-order valence-electron chi connectivity index (χ1n) is 8.40. The molecule has 0 saturated heterocycles. The fourth-order valence-electron chi connectivity index (χ4n) is 2.39. The third-order valence-corrected chi connectivity index (χ3v) is 4.24. The van der Waals surface area contributed by atoms with E-state index in [1.54, 1.807) is 31.5 Å². The highest BCUT2D eigenvalue weighted by atomic mass is 35.5. The van der Waals surface area contributed by atoms with Crippen LogP contribution in [0, 0.1) is 6.92 Å². The minimum absolute atomic E-state index is 0.0965. The Morgan fingerprint density at radius 2 is 2.08 bits per heavy atom. The first-order chi connectivity index (χ1) is 12.0. The van der Waals surface area contributed by atoms with Crippen LogP contribution in [0.15, 0.2) is 30.5 Å². The van der Waals surface area contributed by atoms with Crippen LogP contribution in [0.3, 0.4) is 0 Å². The summed E-state index contributed by atoms with van der Waals surface area (Å²) < 4.78 is 5.35. The Balaban J connectivity index is 2.11. The van der Waals surface area contributed by atoms with Gasteiger partial charge in [-0.25, -0.2) is 4.98 Å². The Kier molecular flexibility index (Phi) is 7.07. The summed E-state index contributed by atoms with van der Waals surface area (Å²) in [6, 6.07) is 7.06. The van der Waals surface area contributed by atoms with Crippen LogP contribution in [-0.4, -0.2) is 24.5 Å². The number of carbonyl (C=O) groups is 1. The number of hydrogen-bond acceptors (Lipinski definition) is 4. The summed E-state index contributed by atoms with van der Waals surface area (Å²) in [4.78, 5) is 16.5. The van der Waals surface area contributed by atoms with Crippen LogP contribution in [0.5, 0.6) is 5.75 Å². The lowest BCUT2D eigenvalue weighted by Crippen LogP contribution is -2.24. The predicted octanol–water partition coefficient (Wildman–Crippen LogP) is 4.72. The summed E-state index contributed by atoms with van der Waals surface area (Å²) in [5, 5.41) is 6.75. The van der Waals surface area contributed by atoms with Crippen molar-refractivity contribution in [3.05, 3.63) is 46.6 Å². The van der Waals surface area contributed by atoms with Crippen LogP contribution < -0.4 is 15.4 Å². The summed E-state index contributed by atoms with van der Waals surface area (Å²) >= 11 is 6.13. The van der Waals surface area contributed by atoms with E-state index in [1.807, 2.05) is 13.0 Å². The number of hydrogen-bond donors (Lipinski definition) is 2. The van der Waals surface area contributed by atoms with E-state index < -0.39 is 0 Å². The van der Waals surface area contributed by atoms with Crippen LogP contribution in [0.25, 0.3) is 0 Å². The fraction of sp³-hybridized carbons (Fsp3) is 0.368. The standard InChI is InChI=1S/C19H24ClN3O2/c1-4-5-6-8-22-19(24)14-7-9-21-18(11-14)23-16-10-13(2)15(20)12-17(16)25-3/h7,9-12H,4-6,8H2,1-3H3,(H,21,23)(H,22,24). The summed E-state index contributed by atoms with van der Waals surface area (Å²) in [7, 11) is 1.58. The van der Waals surface area contributed by atoms with E-state index in [-0.39, 0.29) is 5.91 Å². The zero-order valence-electron chi connectivity index (χ0n) is 14.9. The van der Waals surface area contributed by atoms with Crippen LogP contribution in [0.2, 0.25) is 5.02 Å². The first kappa shape index (κ1) is 19.1. The molecule has 0 fully saturated rings. The number of methoxy groups -OCH3 is 1. The highest BCUT2D eigenvalue weighted by Gasteiger charge is 2.10. The van der Waals surface area contributed by atoms with Gasteiger partial charge < -0.3 is 15.4 Å². The summed E-state index contributed by atoms with van der Waals surface area (Å²) in [5.41, 5.74) is 2.24. The summed E-state index contributed by atoms with van der Waals surface area (Å²) in [6.07, 6.45) is 4.83. The predicted molar refractivity (Wildman–Crippen MR) is 102 cm³/mol. The maximum atomic E-state index is 12.2. The van der Waals surface area contributed by atoms with Crippen molar-refractivity contribution in [3.63, 3.8) is 0 Å². The fourth-order valence-corrected chi connectivity index (χ4v) is 2.54. The van der Waals surface area contributed by atoms with E-state index in [0.717, 1.165) is 30.5 Å². The molecule has 5 nitrogen and oxygen atoms in total. The normalized spacial score (nSPS) is 10.4. The van der Waals surface area contributed by atoms with Gasteiger partial charge in [0, 0.05) is 29.4 Å². The number of anilines is 2. The first-order valence-corrected chi connectivity index (χ1v) is 8.78. The summed E-state index contributed by atoms with van der Waals surface area (Å²) in [6.45, 7) is 4.73. The number of aryl methyl sites for hydroxylation is 1. The number of amides is 1. The molecular weight excluding hydrogens is 338 g/mol. The number of halogens is 1. The van der Waals surface area contributed by atoms with Crippen LogP contribution in [0.4, 0.5) is 11.5 Å². The smallest absolute Gasteiger partial charge is 0.251 e. The maximum Gasteiger partial charge on any atom is 0.251 e. The van der Waals surface area contributed by atoms with Gasteiger partial charge in [0.25, 0.3) is 5.91 Å². The number of carbonyl (C=O) groups excluding carboxylic acids is 1. The lowest BCUT2D eigenvalue weighted by molar-refractivity contribution is 0.0953. The molecule has 0 atom stereocenters. The number of rotatable bonds is 8. The molecule has 1 aromatic carbocycles. The molecule has 2 aromatic rings. The topological polar surface area (TPSA) is 63.2 Å². The molecule has 0 spiro atoms. The van der Waals surface area contributed by atoms with Crippen molar-refractivity contribution in [1.29, 1.82) is 0 Å². The molecule has 0 aliphatic rings. The minimum Gasteiger partial charge on any atom is -0.495 e. The monoisotopic (exact) mass is 361 g/mol. The van der Waals surface area contributed by atoms with E-state index >= 15 is 0 Å². The quantitative estimate of drug-likeness (QED) is 0.668. The largest absolute Gasteiger partial charge is 0.495 e. The zero-order chi connectivity index (χ0) is 18.2. The van der Waals surface area contributed by atoms with Crippen molar-refractivity contribution in [2.24, 2.45) is 0 Å². The van der Waals surface area contributed by atoms with Gasteiger partial charge in [0.1, 0.15) is 11.6 Å². The van der Waals surface area contributed by atoms with E-state index in [0.29, 0.717) is 28.7 Å². The van der Waals surface area contributed by atoms with E-state index in [1.165, 1.54) is 0 Å². The number of nitrogens with one attached hydrogen (secondary N) is 2. The molecule has 0 aliphatic heterocycles. The van der Waals surface area contributed by atoms with E-state index in [4.69, 9.17) is 16.3 Å². The Morgan fingerprint density at radius 3 is 2.80 bits per heavy atom. The SMILES string of the molecule is CCCCCNC(=O)c1ccnc(Nc2cc(C)c(Cl)cc2OC)c1. The van der Waals surface area contributed by atoms with Crippen molar-refractivity contribution in [1.82, 2.24) is 10.3 Å². The molecule has 6 heteroatoms. The second-order valence-corrected chi connectivity index (χ2v) is 6.23. The van der Waals surface area contributed by atoms with Crippen molar-refractivity contribution in [2.75, 3.05) is 19.0 Å². The molecule has 1 amide bonds. The van der Waals surface area contributed by atoms with Crippen LogP contribution in [0.1, 0.15) is 42.1 Å². The van der Waals surface area contributed by atoms with Crippen molar-refractivity contribution in [3.8, 4) is 5.75 Å². The van der Waals surface area contributed by atoms with Crippen molar-refractivity contribution in [2.45, 2.75) is 33.1 Å². The molecule has 0 unspecified atom stereocenters. The molecule has 0 saturated carbocycles. The second kappa shape index (κ2) is 9.28. The van der Waals surface area contributed by atoms with E-state index in [9.17, 15) is 4.79 Å². The number of nitrogens with zero attached hydrogens (tertiary/aromatic N) is 1. The van der Waals surface area contributed by atoms with Gasteiger partial charge in [-0.1, -0.05) is 31.4 Å². The highest BCUT2D eigenvalue weighted by molar-refractivity contribution is 6.31. The molecule has 1 heterocycles. The van der Waals surface area contributed by atoms with Crippen LogP contribution >= 0.6 is 11.6 Å². The number of ether oxygens (including phenoxy) is 1. The second-order valence-electron chi connectivity index (χ2n) is 5.82. The third kappa shape index (κ3) is 5.36. The van der Waals surface area contributed by atoms with Crippen molar-refractivity contribution >= 4 is 29.0 Å². The third-order valence-electron chi connectivity index (χ3n) is 3.83. The molecule has 2 rings (SSSR count). The number of aromatic nitrogens is 1. The highest BCUT2D eigenvalue weighted by Crippen LogP contribution is 2.32. The number of unbranched alkanes of at least 4 members (excludes halogenated alkanes) is 2. The van der Waals surface area contributed by atoms with Crippen LogP contribution in [-0.2, 0) is 0 Å². The zero-order valence-corrected chi connectivity index (χ0v) is 15.6. The Hall–Kier alpha value is -2.27. The van der Waals surface area contributed by atoms with Gasteiger partial charge >= 0.3 is 0 Å². The summed E-state index contributed by atoms with van der Waals surface area (Å²) in [5.74, 6) is 1.09. The maximum absolute atomic E-state index is 12.2. The molecule has 1 aromatic heterocycles. The van der Waals surface area contributed by atoms with Gasteiger partial charge in [-0.3, -0.25) is 4.79 Å². The average molecular weight is 362 g/mol. The number of pyridine rings is 1. The Labute approximate surface area is 153 Å².